The SMILES string of the molecule is C#C[C@]1(O)CCC2C3CCC4=CC(=O)CCC4C3C(=C)CC21CC.C#C[C@]1(O)CC[C@H]2[C@@H]3CCc4cc(O)ccc4[C@H]3CC[C@@]21C. The fraction of sp³-hybridized carbons (Fsp3) is 0.643. The maximum atomic E-state index is 11.8. The average Bonchev–Trinajstić information content (AvgIpc) is 3.51. The highest BCUT2D eigenvalue weighted by Crippen LogP contribution is 2.67. The number of fused-ring (bicyclic) bond motifs is 10. The molecule has 5 saturated carbocycles. The number of benzene rings is 1. The van der Waals surface area contributed by atoms with E-state index in [9.17, 15) is 20.1 Å². The highest BCUT2D eigenvalue weighted by atomic mass is 16.3. The van der Waals surface area contributed by atoms with E-state index in [2.05, 4.69) is 38.3 Å². The second kappa shape index (κ2) is 11.1. The summed E-state index contributed by atoms with van der Waals surface area (Å²) >= 11 is 0. The van der Waals surface area contributed by atoms with Gasteiger partial charge in [0.05, 0.1) is 0 Å². The number of hydrogen-bond acceptors (Lipinski definition) is 4. The molecule has 5 unspecified atom stereocenters. The minimum Gasteiger partial charge on any atom is -0.508 e. The Hall–Kier alpha value is -2.79. The second-order valence-electron chi connectivity index (χ2n) is 16.4. The van der Waals surface area contributed by atoms with Crippen molar-refractivity contribution in [2.24, 2.45) is 46.3 Å². The smallest absolute Gasteiger partial charge is 0.155 e. The molecule has 11 atom stereocenters. The molecule has 46 heavy (non-hydrogen) atoms. The number of phenols is 1. The molecule has 7 aliphatic rings. The second-order valence-corrected chi connectivity index (χ2v) is 16.4. The minimum absolute atomic E-state index is 0.128. The molecule has 244 valence electrons. The molecule has 8 rings (SSSR count). The summed E-state index contributed by atoms with van der Waals surface area (Å²) in [6, 6.07) is 5.87. The Labute approximate surface area is 276 Å². The van der Waals surface area contributed by atoms with Gasteiger partial charge in [0.25, 0.3) is 0 Å². The van der Waals surface area contributed by atoms with Gasteiger partial charge in [0.1, 0.15) is 17.0 Å². The van der Waals surface area contributed by atoms with Crippen molar-refractivity contribution in [2.45, 2.75) is 121 Å². The topological polar surface area (TPSA) is 77.8 Å². The van der Waals surface area contributed by atoms with E-state index in [0.717, 1.165) is 83.5 Å². The van der Waals surface area contributed by atoms with E-state index in [1.54, 1.807) is 0 Å². The number of hydrogen-bond donors (Lipinski definition) is 3. The fourth-order valence-corrected chi connectivity index (χ4v) is 12.7. The molecule has 4 nitrogen and oxygen atoms in total. The third-order valence-corrected chi connectivity index (χ3v) is 15.0. The molecule has 0 aliphatic heterocycles. The van der Waals surface area contributed by atoms with Gasteiger partial charge in [-0.15, -0.1) is 12.8 Å². The third kappa shape index (κ3) is 4.39. The van der Waals surface area contributed by atoms with Gasteiger partial charge in [-0.05, 0) is 154 Å². The van der Waals surface area contributed by atoms with Crippen molar-refractivity contribution < 1.29 is 20.1 Å². The lowest BCUT2D eigenvalue weighted by Gasteiger charge is -2.56. The summed E-state index contributed by atoms with van der Waals surface area (Å²) < 4.78 is 0. The van der Waals surface area contributed by atoms with Gasteiger partial charge in [-0.3, -0.25) is 4.79 Å². The Morgan fingerprint density at radius 3 is 2.35 bits per heavy atom. The normalized spacial score (nSPS) is 45.2. The number of carbonyl (C=O) groups is 1. The monoisotopic (exact) mass is 620 g/mol. The van der Waals surface area contributed by atoms with Crippen LogP contribution in [0.3, 0.4) is 0 Å². The quantitative estimate of drug-likeness (QED) is 0.223. The molecule has 0 bridgehead atoms. The molecule has 4 heteroatoms. The van der Waals surface area contributed by atoms with Crippen molar-refractivity contribution in [3.8, 4) is 30.4 Å². The number of aliphatic hydroxyl groups is 2. The Bertz CT molecular complexity index is 1560. The standard InChI is InChI=1S/C22H28O2.C20H24O2/c1-4-21-13-14(3)20-17-9-7-16(23)12-15(17)6-8-18(20)19(21)10-11-22(21,24)5-2;1-3-20(22)11-9-18-17-6-4-13-12-14(21)5-7-15(13)16(17)8-10-19(18,20)2/h2,12,17-20,24H,3-4,6-11,13H2,1H3;1,5,7,12,16-18,21-22H,4,6,8-11H2,2H3/t17?,18?,19?,20?,21?,22-;16-,17-,18+,19+,20+/m01/s1. The van der Waals surface area contributed by atoms with Gasteiger partial charge in [-0.2, -0.15) is 0 Å². The Morgan fingerprint density at radius 2 is 1.61 bits per heavy atom. The molecule has 0 amide bonds. The van der Waals surface area contributed by atoms with Crippen molar-refractivity contribution >= 4 is 5.78 Å². The Kier molecular flexibility index (Phi) is 7.70. The Balaban J connectivity index is 0.000000147. The van der Waals surface area contributed by atoms with E-state index in [4.69, 9.17) is 12.8 Å². The first-order valence-electron chi connectivity index (χ1n) is 18.1. The number of phenolic OH excluding ortho intramolecular Hbond substituents is 1. The molecule has 1 aromatic rings. The van der Waals surface area contributed by atoms with Gasteiger partial charge in [0.15, 0.2) is 5.78 Å². The van der Waals surface area contributed by atoms with Crippen molar-refractivity contribution in [3.63, 3.8) is 0 Å². The number of aromatic hydroxyl groups is 1. The van der Waals surface area contributed by atoms with Crippen LogP contribution >= 0.6 is 0 Å². The molecular formula is C42H52O4. The van der Waals surface area contributed by atoms with Crippen molar-refractivity contribution in [3.05, 3.63) is 53.1 Å². The average molecular weight is 621 g/mol. The van der Waals surface area contributed by atoms with Crippen LogP contribution in [0.25, 0.3) is 0 Å². The molecule has 0 aromatic heterocycles. The highest BCUT2D eigenvalue weighted by Gasteiger charge is 2.64. The van der Waals surface area contributed by atoms with Crippen molar-refractivity contribution in [1.29, 1.82) is 0 Å². The number of carbonyl (C=O) groups excluding carboxylic acids is 1. The van der Waals surface area contributed by atoms with Crippen LogP contribution in [0.1, 0.15) is 114 Å². The maximum Gasteiger partial charge on any atom is 0.155 e. The van der Waals surface area contributed by atoms with Gasteiger partial charge in [-0.25, -0.2) is 0 Å². The number of aryl methyl sites for hydroxylation is 1. The van der Waals surface area contributed by atoms with Crippen LogP contribution in [-0.4, -0.2) is 32.3 Å². The van der Waals surface area contributed by atoms with Gasteiger partial charge >= 0.3 is 0 Å². The van der Waals surface area contributed by atoms with E-state index in [-0.39, 0.29) is 10.8 Å². The summed E-state index contributed by atoms with van der Waals surface area (Å²) in [5.74, 6) is 9.95. The zero-order chi connectivity index (χ0) is 32.6. The number of rotatable bonds is 1. The maximum absolute atomic E-state index is 11.8. The van der Waals surface area contributed by atoms with Gasteiger partial charge in [0.2, 0.25) is 0 Å². The summed E-state index contributed by atoms with van der Waals surface area (Å²) in [6.45, 7) is 8.87. The van der Waals surface area contributed by atoms with E-state index >= 15 is 0 Å². The van der Waals surface area contributed by atoms with E-state index in [1.165, 1.54) is 22.3 Å². The predicted molar refractivity (Wildman–Crippen MR) is 182 cm³/mol. The minimum atomic E-state index is -0.973. The summed E-state index contributed by atoms with van der Waals surface area (Å²) in [4.78, 5) is 11.8. The van der Waals surface area contributed by atoms with Gasteiger partial charge in [0, 0.05) is 17.3 Å². The lowest BCUT2D eigenvalue weighted by atomic mass is 9.48. The van der Waals surface area contributed by atoms with Crippen LogP contribution in [0.5, 0.6) is 5.75 Å². The summed E-state index contributed by atoms with van der Waals surface area (Å²) in [6.07, 6.45) is 26.8. The predicted octanol–water partition coefficient (Wildman–Crippen LogP) is 7.66. The van der Waals surface area contributed by atoms with Gasteiger partial charge < -0.3 is 15.3 Å². The van der Waals surface area contributed by atoms with Crippen molar-refractivity contribution in [2.75, 3.05) is 0 Å². The Morgan fingerprint density at radius 1 is 0.891 bits per heavy atom. The zero-order valence-electron chi connectivity index (χ0n) is 27.9. The molecule has 0 saturated heterocycles. The third-order valence-electron chi connectivity index (χ3n) is 15.0. The molecule has 0 heterocycles. The molecule has 7 aliphatic carbocycles. The van der Waals surface area contributed by atoms with E-state index in [1.807, 2.05) is 18.2 Å². The lowest BCUT2D eigenvalue weighted by Crippen LogP contribution is -2.54. The molecule has 1 aromatic carbocycles. The van der Waals surface area contributed by atoms with E-state index in [0.29, 0.717) is 59.4 Å². The molecule has 5 fully saturated rings. The lowest BCUT2D eigenvalue weighted by molar-refractivity contribution is -0.116. The summed E-state index contributed by atoms with van der Waals surface area (Å²) in [7, 11) is 0. The highest BCUT2D eigenvalue weighted by molar-refractivity contribution is 5.91. The first kappa shape index (κ1) is 31.8. The molecule has 0 radical (unpaired) electrons. The van der Waals surface area contributed by atoms with E-state index < -0.39 is 11.2 Å². The molecule has 0 spiro atoms. The van der Waals surface area contributed by atoms with Crippen LogP contribution in [0.2, 0.25) is 0 Å². The fourth-order valence-electron chi connectivity index (χ4n) is 12.7. The van der Waals surface area contributed by atoms with Crippen LogP contribution in [0, 0.1) is 71.0 Å². The van der Waals surface area contributed by atoms with Crippen LogP contribution < -0.4 is 0 Å². The number of terminal acetylenes is 2. The van der Waals surface area contributed by atoms with Crippen molar-refractivity contribution in [1.82, 2.24) is 0 Å². The number of ketones is 1. The molecule has 3 N–H and O–H groups in total. The zero-order valence-corrected chi connectivity index (χ0v) is 27.9. The van der Waals surface area contributed by atoms with Crippen LogP contribution in [0.15, 0.2) is 42.0 Å². The summed E-state index contributed by atoms with van der Waals surface area (Å²) in [5, 5.41) is 31.8. The molecular weight excluding hydrogens is 568 g/mol. The van der Waals surface area contributed by atoms with Gasteiger partial charge in [-0.1, -0.05) is 49.5 Å². The largest absolute Gasteiger partial charge is 0.508 e. The summed E-state index contributed by atoms with van der Waals surface area (Å²) in [5.41, 5.74) is 3.17. The van der Waals surface area contributed by atoms with Crippen LogP contribution in [0.4, 0.5) is 0 Å². The first-order valence-corrected chi connectivity index (χ1v) is 18.1. The number of allylic oxidation sites excluding steroid dienone is 2. The van der Waals surface area contributed by atoms with Crippen LogP contribution in [-0.2, 0) is 11.2 Å². The first-order chi connectivity index (χ1) is 21.9.